The van der Waals surface area contributed by atoms with Gasteiger partial charge in [0, 0.05) is 18.7 Å². The van der Waals surface area contributed by atoms with E-state index in [4.69, 9.17) is 5.73 Å². The van der Waals surface area contributed by atoms with Crippen LogP contribution < -0.4 is 21.7 Å². The Morgan fingerprint density at radius 1 is 1.38 bits per heavy atom. The van der Waals surface area contributed by atoms with Crippen LogP contribution in [0.15, 0.2) is 21.7 Å². The first-order valence-electron chi connectivity index (χ1n) is 7.75. The fourth-order valence-electron chi connectivity index (χ4n) is 2.78. The molecule has 2 aromatic rings. The van der Waals surface area contributed by atoms with Crippen molar-refractivity contribution in [2.24, 2.45) is 11.7 Å². The number of amides is 1. The number of benzene rings is 1. The molecule has 1 fully saturated rings. The third-order valence-corrected chi connectivity index (χ3v) is 4.09. The van der Waals surface area contributed by atoms with Crippen molar-refractivity contribution < 1.29 is 13.9 Å². The quantitative estimate of drug-likeness (QED) is 0.920. The Kier molecular flexibility index (Phi) is 3.90. The normalized spacial score (nSPS) is 14.3. The molecule has 7 nitrogen and oxygen atoms in total. The number of halogens is 1. The minimum absolute atomic E-state index is 0.113. The Morgan fingerprint density at radius 3 is 2.58 bits per heavy atom. The summed E-state index contributed by atoms with van der Waals surface area (Å²) in [7, 11) is 0. The summed E-state index contributed by atoms with van der Waals surface area (Å²) < 4.78 is 21.3. The average Bonchev–Trinajstić information content (AvgIpc) is 3.28. The molecule has 1 saturated carbocycles. The first-order chi connectivity index (χ1) is 11.3. The van der Waals surface area contributed by atoms with Crippen molar-refractivity contribution >= 4 is 17.0 Å². The maximum Gasteiger partial charge on any atom is 0.410 e. The number of primary amides is 1. The van der Waals surface area contributed by atoms with Crippen LogP contribution in [0.1, 0.15) is 32.7 Å². The van der Waals surface area contributed by atoms with E-state index in [1.165, 1.54) is 9.13 Å². The van der Waals surface area contributed by atoms with Gasteiger partial charge in [0.25, 0.3) is 5.56 Å². The molecule has 0 unspecified atom stereocenters. The summed E-state index contributed by atoms with van der Waals surface area (Å²) in [6.45, 7) is 3.89. The van der Waals surface area contributed by atoms with Gasteiger partial charge < -0.3 is 10.5 Å². The molecule has 0 bridgehead atoms. The van der Waals surface area contributed by atoms with Crippen LogP contribution in [0.25, 0.3) is 10.9 Å². The predicted octanol–water partition coefficient (Wildman–Crippen LogP) is 1.75. The molecular weight excluding hydrogens is 317 g/mol. The smallest absolute Gasteiger partial charge is 0.407 e. The van der Waals surface area contributed by atoms with Gasteiger partial charge in [0.15, 0.2) is 11.6 Å². The maximum atomic E-state index is 14.2. The second-order valence-electron chi connectivity index (χ2n) is 6.33. The third kappa shape index (κ3) is 2.79. The molecule has 128 valence electrons. The van der Waals surface area contributed by atoms with E-state index in [1.807, 2.05) is 0 Å². The molecule has 1 aliphatic rings. The van der Waals surface area contributed by atoms with Crippen LogP contribution in [0.2, 0.25) is 0 Å². The molecular formula is C16H18FN3O4. The molecule has 3 rings (SSSR count). The summed E-state index contributed by atoms with van der Waals surface area (Å²) in [5, 5.41) is 0.113. The summed E-state index contributed by atoms with van der Waals surface area (Å²) in [4.78, 5) is 36.3. The molecule has 24 heavy (non-hydrogen) atoms. The van der Waals surface area contributed by atoms with Crippen LogP contribution in [0.5, 0.6) is 5.75 Å². The highest BCUT2D eigenvalue weighted by Gasteiger charge is 2.25. The maximum absolute atomic E-state index is 14.2. The molecule has 1 heterocycles. The zero-order valence-electron chi connectivity index (χ0n) is 13.4. The monoisotopic (exact) mass is 335 g/mol. The Bertz CT molecular complexity index is 941. The van der Waals surface area contributed by atoms with Crippen LogP contribution in [0.3, 0.4) is 0 Å². The lowest BCUT2D eigenvalue weighted by atomic mass is 10.2. The average molecular weight is 335 g/mol. The van der Waals surface area contributed by atoms with E-state index in [0.717, 1.165) is 25.0 Å². The molecule has 0 spiro atoms. The molecule has 1 amide bonds. The van der Waals surface area contributed by atoms with Crippen molar-refractivity contribution in [1.82, 2.24) is 9.13 Å². The number of carbonyl (C=O) groups excluding carboxylic acids is 1. The van der Waals surface area contributed by atoms with Crippen LogP contribution in [-0.4, -0.2) is 15.2 Å². The van der Waals surface area contributed by atoms with E-state index < -0.39 is 28.9 Å². The largest absolute Gasteiger partial charge is 0.410 e. The van der Waals surface area contributed by atoms with Gasteiger partial charge in [0.2, 0.25) is 0 Å². The van der Waals surface area contributed by atoms with Crippen LogP contribution >= 0.6 is 0 Å². The van der Waals surface area contributed by atoms with E-state index in [0.29, 0.717) is 12.5 Å². The van der Waals surface area contributed by atoms with Gasteiger partial charge in [-0.2, -0.15) is 0 Å². The van der Waals surface area contributed by atoms with Gasteiger partial charge in [-0.05, 0) is 38.7 Å². The first-order valence-corrected chi connectivity index (χ1v) is 7.75. The van der Waals surface area contributed by atoms with E-state index >= 15 is 0 Å². The molecule has 1 aromatic heterocycles. The summed E-state index contributed by atoms with van der Waals surface area (Å²) in [6.07, 6.45) is 0.777. The molecule has 0 radical (unpaired) electrons. The van der Waals surface area contributed by atoms with Crippen molar-refractivity contribution in [3.63, 3.8) is 0 Å². The Labute approximate surface area is 136 Å². The lowest BCUT2D eigenvalue weighted by molar-refractivity contribution is 0.209. The Hall–Kier alpha value is -2.64. The van der Waals surface area contributed by atoms with Crippen LogP contribution in [0, 0.1) is 11.7 Å². The molecule has 1 aliphatic carbocycles. The molecule has 8 heteroatoms. The fourth-order valence-corrected chi connectivity index (χ4v) is 2.78. The van der Waals surface area contributed by atoms with Crippen LogP contribution in [-0.2, 0) is 6.54 Å². The lowest BCUT2D eigenvalue weighted by Crippen LogP contribution is -2.41. The van der Waals surface area contributed by atoms with Gasteiger partial charge >= 0.3 is 11.8 Å². The van der Waals surface area contributed by atoms with Gasteiger partial charge in [-0.3, -0.25) is 13.9 Å². The second-order valence-corrected chi connectivity index (χ2v) is 6.33. The highest BCUT2D eigenvalue weighted by atomic mass is 19.1. The van der Waals surface area contributed by atoms with Gasteiger partial charge in [-0.25, -0.2) is 14.0 Å². The number of rotatable bonds is 4. The summed E-state index contributed by atoms with van der Waals surface area (Å²) in [5.74, 6) is -0.983. The van der Waals surface area contributed by atoms with Crippen molar-refractivity contribution in [1.29, 1.82) is 0 Å². The topological polar surface area (TPSA) is 96.3 Å². The molecule has 2 N–H and O–H groups in total. The number of fused-ring (bicyclic) bond motifs is 1. The van der Waals surface area contributed by atoms with E-state index in [2.05, 4.69) is 4.74 Å². The van der Waals surface area contributed by atoms with E-state index in [9.17, 15) is 18.8 Å². The van der Waals surface area contributed by atoms with Crippen molar-refractivity contribution in [2.75, 3.05) is 0 Å². The Balaban J connectivity index is 2.34. The zero-order chi connectivity index (χ0) is 17.6. The van der Waals surface area contributed by atoms with Gasteiger partial charge in [0.1, 0.15) is 0 Å². The standard InChI is InChI=1S/C16H18FN3O4/c1-8(2)20-12-6-11(17)13(24-15(18)22)5-10(12)14(21)19(16(20)23)7-9-3-4-9/h5-6,8-9H,3-4,7H2,1-2H3,(H2,18,22). The highest BCUT2D eigenvalue weighted by Crippen LogP contribution is 2.30. The number of ether oxygens (including phenoxy) is 1. The number of carbonyl (C=O) groups is 1. The number of hydrogen-bond donors (Lipinski definition) is 1. The predicted molar refractivity (Wildman–Crippen MR) is 85.7 cm³/mol. The molecule has 0 aliphatic heterocycles. The molecule has 1 aromatic carbocycles. The number of nitrogens with zero attached hydrogens (tertiary/aromatic N) is 2. The number of aromatic nitrogens is 2. The van der Waals surface area contributed by atoms with Gasteiger partial charge in [0.05, 0.1) is 10.9 Å². The summed E-state index contributed by atoms with van der Waals surface area (Å²) in [5.41, 5.74) is 4.10. The van der Waals surface area contributed by atoms with Gasteiger partial charge in [-0.15, -0.1) is 0 Å². The number of nitrogens with two attached hydrogens (primary N) is 1. The van der Waals surface area contributed by atoms with Crippen LogP contribution in [0.4, 0.5) is 9.18 Å². The molecule has 0 atom stereocenters. The minimum Gasteiger partial charge on any atom is -0.407 e. The van der Waals surface area contributed by atoms with Crippen molar-refractivity contribution in [3.05, 3.63) is 38.8 Å². The molecule has 0 saturated heterocycles. The minimum atomic E-state index is -1.18. The van der Waals surface area contributed by atoms with E-state index in [1.54, 1.807) is 13.8 Å². The Morgan fingerprint density at radius 2 is 2.04 bits per heavy atom. The number of hydrogen-bond acceptors (Lipinski definition) is 4. The highest BCUT2D eigenvalue weighted by molar-refractivity contribution is 5.81. The van der Waals surface area contributed by atoms with Crippen molar-refractivity contribution in [3.8, 4) is 5.75 Å². The first kappa shape index (κ1) is 16.2. The fraction of sp³-hybridized carbons (Fsp3) is 0.438. The second kappa shape index (κ2) is 5.77. The zero-order valence-corrected chi connectivity index (χ0v) is 13.4. The van der Waals surface area contributed by atoms with Gasteiger partial charge in [-0.1, -0.05) is 0 Å². The van der Waals surface area contributed by atoms with Crippen molar-refractivity contribution in [2.45, 2.75) is 39.3 Å². The lowest BCUT2D eigenvalue weighted by Gasteiger charge is -2.17. The summed E-state index contributed by atoms with van der Waals surface area (Å²) in [6, 6.07) is 1.88. The van der Waals surface area contributed by atoms with E-state index in [-0.39, 0.29) is 16.9 Å². The SMILES string of the molecule is CC(C)n1c(=O)n(CC2CC2)c(=O)c2cc(OC(N)=O)c(F)cc21. The third-order valence-electron chi connectivity index (χ3n) is 4.09. The summed E-state index contributed by atoms with van der Waals surface area (Å²) >= 11 is 0.